The smallest absolute Gasteiger partial charge is 0.356 e. The molecule has 0 fully saturated rings. The van der Waals surface area contributed by atoms with E-state index in [4.69, 9.17) is 44.6 Å². The number of carbonyl (C=O) groups is 1. The Bertz CT molecular complexity index is 646. The molecular weight excluding hydrogens is 312 g/mol. The standard InChI is InChI=1S/C12H6Cl3NO3/c13-6-1-3-9(8(15)5-6)19-10-4-2-7(14)11(16-10)12(17)18/h1-5H,(H,17,18). The summed E-state index contributed by atoms with van der Waals surface area (Å²) < 4.78 is 5.39. The van der Waals surface area contributed by atoms with Gasteiger partial charge in [0.05, 0.1) is 10.0 Å². The summed E-state index contributed by atoms with van der Waals surface area (Å²) in [6.07, 6.45) is 0. The molecule has 0 amide bonds. The molecule has 0 saturated heterocycles. The molecule has 0 saturated carbocycles. The highest BCUT2D eigenvalue weighted by molar-refractivity contribution is 6.35. The molecule has 4 nitrogen and oxygen atoms in total. The molecule has 0 aliphatic rings. The van der Waals surface area contributed by atoms with Crippen LogP contribution in [-0.2, 0) is 0 Å². The van der Waals surface area contributed by atoms with E-state index >= 15 is 0 Å². The van der Waals surface area contributed by atoms with E-state index in [2.05, 4.69) is 4.98 Å². The van der Waals surface area contributed by atoms with E-state index in [1.165, 1.54) is 18.2 Å². The minimum absolute atomic E-state index is 0.0297. The zero-order valence-electron chi connectivity index (χ0n) is 9.23. The summed E-state index contributed by atoms with van der Waals surface area (Å²) in [4.78, 5) is 14.7. The van der Waals surface area contributed by atoms with Crippen molar-refractivity contribution in [1.82, 2.24) is 4.98 Å². The molecule has 7 heteroatoms. The van der Waals surface area contributed by atoms with Crippen LogP contribution in [0.5, 0.6) is 11.6 Å². The largest absolute Gasteiger partial charge is 0.476 e. The third-order valence-corrected chi connectivity index (χ3v) is 2.97. The van der Waals surface area contributed by atoms with E-state index in [0.717, 1.165) is 0 Å². The van der Waals surface area contributed by atoms with Crippen molar-refractivity contribution in [3.63, 3.8) is 0 Å². The van der Waals surface area contributed by atoms with Crippen molar-refractivity contribution in [3.05, 3.63) is 51.1 Å². The fourth-order valence-electron chi connectivity index (χ4n) is 1.30. The van der Waals surface area contributed by atoms with Gasteiger partial charge >= 0.3 is 5.97 Å². The van der Waals surface area contributed by atoms with Crippen LogP contribution in [0, 0.1) is 0 Å². The lowest BCUT2D eigenvalue weighted by Gasteiger charge is -2.08. The highest BCUT2D eigenvalue weighted by atomic mass is 35.5. The van der Waals surface area contributed by atoms with Crippen LogP contribution < -0.4 is 4.74 Å². The minimum Gasteiger partial charge on any atom is -0.476 e. The van der Waals surface area contributed by atoms with Crippen molar-refractivity contribution in [3.8, 4) is 11.6 Å². The van der Waals surface area contributed by atoms with Gasteiger partial charge in [-0.3, -0.25) is 0 Å². The Morgan fingerprint density at radius 2 is 1.84 bits per heavy atom. The van der Waals surface area contributed by atoms with Crippen molar-refractivity contribution in [2.75, 3.05) is 0 Å². The van der Waals surface area contributed by atoms with Gasteiger partial charge in [0, 0.05) is 11.1 Å². The van der Waals surface area contributed by atoms with Gasteiger partial charge in [0.2, 0.25) is 5.88 Å². The topological polar surface area (TPSA) is 59.4 Å². The van der Waals surface area contributed by atoms with E-state index in [0.29, 0.717) is 15.8 Å². The van der Waals surface area contributed by atoms with Gasteiger partial charge in [-0.1, -0.05) is 34.8 Å². The lowest BCUT2D eigenvalue weighted by molar-refractivity contribution is 0.0690. The van der Waals surface area contributed by atoms with Gasteiger partial charge in [0.1, 0.15) is 5.75 Å². The van der Waals surface area contributed by atoms with Crippen molar-refractivity contribution < 1.29 is 14.6 Å². The van der Waals surface area contributed by atoms with Gasteiger partial charge in [0.25, 0.3) is 0 Å². The molecule has 1 heterocycles. The number of ether oxygens (including phenoxy) is 1. The summed E-state index contributed by atoms with van der Waals surface area (Å²) in [5.41, 5.74) is -0.288. The molecule has 0 bridgehead atoms. The van der Waals surface area contributed by atoms with Gasteiger partial charge in [-0.15, -0.1) is 0 Å². The van der Waals surface area contributed by atoms with E-state index in [1.807, 2.05) is 0 Å². The number of benzene rings is 1. The number of halogens is 3. The van der Waals surface area contributed by atoms with Gasteiger partial charge in [0.15, 0.2) is 5.69 Å². The number of aromatic carboxylic acids is 1. The molecule has 19 heavy (non-hydrogen) atoms. The highest BCUT2D eigenvalue weighted by Gasteiger charge is 2.13. The number of hydrogen-bond acceptors (Lipinski definition) is 3. The van der Waals surface area contributed by atoms with E-state index in [1.54, 1.807) is 12.1 Å². The van der Waals surface area contributed by atoms with Crippen LogP contribution in [0.1, 0.15) is 10.5 Å². The second-order valence-corrected chi connectivity index (χ2v) is 4.71. The number of hydrogen-bond donors (Lipinski definition) is 1. The van der Waals surface area contributed by atoms with Gasteiger partial charge in [-0.2, -0.15) is 0 Å². The van der Waals surface area contributed by atoms with Crippen molar-refractivity contribution >= 4 is 40.8 Å². The lowest BCUT2D eigenvalue weighted by Crippen LogP contribution is -2.02. The first-order valence-corrected chi connectivity index (χ1v) is 6.13. The minimum atomic E-state index is -1.24. The number of aromatic nitrogens is 1. The van der Waals surface area contributed by atoms with Crippen molar-refractivity contribution in [2.45, 2.75) is 0 Å². The molecule has 2 rings (SSSR count). The second kappa shape index (κ2) is 5.65. The summed E-state index contributed by atoms with van der Waals surface area (Å²) in [5.74, 6) is -0.846. The number of rotatable bonds is 3. The van der Waals surface area contributed by atoms with Crippen LogP contribution in [0.2, 0.25) is 15.1 Å². The van der Waals surface area contributed by atoms with E-state index in [9.17, 15) is 4.79 Å². The number of carboxylic acids is 1. The van der Waals surface area contributed by atoms with Crippen LogP contribution in [-0.4, -0.2) is 16.1 Å². The SMILES string of the molecule is O=C(O)c1nc(Oc2ccc(Cl)cc2Cl)ccc1Cl. The van der Waals surface area contributed by atoms with Crippen LogP contribution in [0.25, 0.3) is 0 Å². The maximum atomic E-state index is 10.9. The molecule has 2 aromatic rings. The first-order chi connectivity index (χ1) is 8.97. The van der Waals surface area contributed by atoms with Gasteiger partial charge < -0.3 is 9.84 Å². The Labute approximate surface area is 123 Å². The first kappa shape index (κ1) is 13.9. The van der Waals surface area contributed by atoms with Gasteiger partial charge in [-0.05, 0) is 24.3 Å². The van der Waals surface area contributed by atoms with Crippen LogP contribution >= 0.6 is 34.8 Å². The molecule has 0 radical (unpaired) electrons. The van der Waals surface area contributed by atoms with Crippen LogP contribution in [0.4, 0.5) is 0 Å². The Morgan fingerprint density at radius 1 is 1.11 bits per heavy atom. The second-order valence-electron chi connectivity index (χ2n) is 3.46. The number of pyridine rings is 1. The third-order valence-electron chi connectivity index (χ3n) is 2.13. The van der Waals surface area contributed by atoms with Gasteiger partial charge in [-0.25, -0.2) is 9.78 Å². The summed E-state index contributed by atoms with van der Waals surface area (Å²) in [5, 5.41) is 9.69. The quantitative estimate of drug-likeness (QED) is 0.903. The van der Waals surface area contributed by atoms with Crippen molar-refractivity contribution in [2.24, 2.45) is 0 Å². The molecule has 1 aromatic heterocycles. The molecule has 1 aromatic carbocycles. The van der Waals surface area contributed by atoms with Crippen LogP contribution in [0.15, 0.2) is 30.3 Å². The predicted molar refractivity (Wildman–Crippen MR) is 72.7 cm³/mol. The molecule has 1 N–H and O–H groups in total. The average molecular weight is 319 g/mol. The maximum Gasteiger partial charge on any atom is 0.356 e. The fourth-order valence-corrected chi connectivity index (χ4v) is 1.93. The Kier molecular flexibility index (Phi) is 4.14. The molecule has 0 unspecified atom stereocenters. The zero-order valence-corrected chi connectivity index (χ0v) is 11.5. The lowest BCUT2D eigenvalue weighted by atomic mass is 10.3. The Hall–Kier alpha value is -1.49. The summed E-state index contributed by atoms with van der Waals surface area (Å²) in [6, 6.07) is 7.49. The maximum absolute atomic E-state index is 10.9. The zero-order chi connectivity index (χ0) is 14.0. The average Bonchev–Trinajstić information content (AvgIpc) is 2.34. The molecule has 0 aliphatic heterocycles. The third kappa shape index (κ3) is 3.29. The Morgan fingerprint density at radius 3 is 2.47 bits per heavy atom. The molecular formula is C12H6Cl3NO3. The van der Waals surface area contributed by atoms with Crippen molar-refractivity contribution in [1.29, 1.82) is 0 Å². The van der Waals surface area contributed by atoms with E-state index in [-0.39, 0.29) is 16.6 Å². The first-order valence-electron chi connectivity index (χ1n) is 5.00. The molecule has 0 spiro atoms. The molecule has 0 aliphatic carbocycles. The highest BCUT2D eigenvalue weighted by Crippen LogP contribution is 2.31. The van der Waals surface area contributed by atoms with Crippen LogP contribution in [0.3, 0.4) is 0 Å². The summed E-state index contributed by atoms with van der Waals surface area (Å²) in [6.45, 7) is 0. The summed E-state index contributed by atoms with van der Waals surface area (Å²) in [7, 11) is 0. The number of carboxylic acid groups (broad SMARTS) is 1. The number of nitrogens with zero attached hydrogens (tertiary/aromatic N) is 1. The van der Waals surface area contributed by atoms with E-state index < -0.39 is 5.97 Å². The fraction of sp³-hybridized carbons (Fsp3) is 0. The molecule has 0 atom stereocenters. The monoisotopic (exact) mass is 317 g/mol. The predicted octanol–water partition coefficient (Wildman–Crippen LogP) is 4.53. The molecule has 98 valence electrons. The normalized spacial score (nSPS) is 10.3. The summed E-state index contributed by atoms with van der Waals surface area (Å²) >= 11 is 17.4. The Balaban J connectivity index is 2.33.